The summed E-state index contributed by atoms with van der Waals surface area (Å²) >= 11 is 1.44. The summed E-state index contributed by atoms with van der Waals surface area (Å²) < 4.78 is 5.21. The van der Waals surface area contributed by atoms with Crippen molar-refractivity contribution in [3.63, 3.8) is 0 Å². The number of carbonyl (C=O) groups is 1. The van der Waals surface area contributed by atoms with Crippen LogP contribution in [0, 0.1) is 6.92 Å². The van der Waals surface area contributed by atoms with Crippen molar-refractivity contribution in [1.82, 2.24) is 14.9 Å². The van der Waals surface area contributed by atoms with Gasteiger partial charge in [0.25, 0.3) is 5.91 Å². The van der Waals surface area contributed by atoms with Gasteiger partial charge in [-0.15, -0.1) is 11.3 Å². The van der Waals surface area contributed by atoms with Crippen LogP contribution in [0.3, 0.4) is 0 Å². The molecule has 0 N–H and O–H groups in total. The molecule has 3 rings (SSSR count). The summed E-state index contributed by atoms with van der Waals surface area (Å²) in [7, 11) is 1.69. The minimum atomic E-state index is -0.0219. The number of rotatable bonds is 4. The average Bonchev–Trinajstić information content (AvgIpc) is 3.03. The summed E-state index contributed by atoms with van der Waals surface area (Å²) in [4.78, 5) is 25.5. The number of anilines is 1. The first-order valence-corrected chi connectivity index (χ1v) is 8.51. The molecule has 0 saturated heterocycles. The zero-order chi connectivity index (χ0) is 16.2. The number of amides is 1. The SMILES string of the molecule is COCCN1CCN(C(=O)c2cscn2)Cc2ccc(C)nc21. The van der Waals surface area contributed by atoms with Gasteiger partial charge in [-0.25, -0.2) is 9.97 Å². The van der Waals surface area contributed by atoms with Gasteiger partial charge in [-0.05, 0) is 13.0 Å². The van der Waals surface area contributed by atoms with E-state index in [1.54, 1.807) is 18.0 Å². The molecule has 0 fully saturated rings. The zero-order valence-electron chi connectivity index (χ0n) is 13.4. The van der Waals surface area contributed by atoms with Crippen LogP contribution in [0.2, 0.25) is 0 Å². The fourth-order valence-electron chi connectivity index (χ4n) is 2.67. The van der Waals surface area contributed by atoms with E-state index in [-0.39, 0.29) is 5.91 Å². The Morgan fingerprint density at radius 2 is 2.26 bits per heavy atom. The summed E-state index contributed by atoms with van der Waals surface area (Å²) in [6.45, 7) is 5.33. The zero-order valence-corrected chi connectivity index (χ0v) is 14.2. The third kappa shape index (κ3) is 3.51. The minimum absolute atomic E-state index is 0.0219. The van der Waals surface area contributed by atoms with Crippen LogP contribution < -0.4 is 4.90 Å². The number of hydrogen-bond acceptors (Lipinski definition) is 6. The Morgan fingerprint density at radius 1 is 1.39 bits per heavy atom. The standard InChI is InChI=1S/C16H20N4O2S/c1-12-3-4-13-9-20(16(21)14-10-23-11-17-14)6-5-19(7-8-22-2)15(13)18-12/h3-4,10-11H,5-9H2,1-2H3. The van der Waals surface area contributed by atoms with Gasteiger partial charge in [-0.3, -0.25) is 4.79 Å². The van der Waals surface area contributed by atoms with Crippen LogP contribution in [0.1, 0.15) is 21.7 Å². The van der Waals surface area contributed by atoms with Crippen molar-refractivity contribution in [3.8, 4) is 0 Å². The fourth-order valence-corrected chi connectivity index (χ4v) is 3.20. The van der Waals surface area contributed by atoms with Crippen molar-refractivity contribution in [2.24, 2.45) is 0 Å². The quantitative estimate of drug-likeness (QED) is 0.856. The molecule has 6 nitrogen and oxygen atoms in total. The van der Waals surface area contributed by atoms with Gasteiger partial charge in [0, 0.05) is 49.9 Å². The number of aromatic nitrogens is 2. The first kappa shape index (κ1) is 15.9. The normalized spacial score (nSPS) is 14.5. The number of nitrogens with zero attached hydrogens (tertiary/aromatic N) is 4. The van der Waals surface area contributed by atoms with Crippen molar-refractivity contribution >= 4 is 23.1 Å². The van der Waals surface area contributed by atoms with E-state index in [4.69, 9.17) is 4.74 Å². The molecular formula is C16H20N4O2S. The second-order valence-corrected chi connectivity index (χ2v) is 6.23. The molecule has 122 valence electrons. The molecule has 0 saturated carbocycles. The molecule has 1 aliphatic heterocycles. The summed E-state index contributed by atoms with van der Waals surface area (Å²) in [5.74, 6) is 0.932. The molecule has 0 aliphatic carbocycles. The van der Waals surface area contributed by atoms with E-state index in [1.807, 2.05) is 17.9 Å². The summed E-state index contributed by atoms with van der Waals surface area (Å²) in [6.07, 6.45) is 0. The van der Waals surface area contributed by atoms with Gasteiger partial charge in [0.1, 0.15) is 11.5 Å². The second kappa shape index (κ2) is 7.06. The molecule has 0 spiro atoms. The van der Waals surface area contributed by atoms with Crippen LogP contribution in [0.15, 0.2) is 23.0 Å². The van der Waals surface area contributed by atoms with Crippen LogP contribution in [0.25, 0.3) is 0 Å². The van der Waals surface area contributed by atoms with Gasteiger partial charge in [0.2, 0.25) is 0 Å². The Kier molecular flexibility index (Phi) is 4.88. The number of thiazole rings is 1. The lowest BCUT2D eigenvalue weighted by Gasteiger charge is -2.23. The Balaban J connectivity index is 1.87. The highest BCUT2D eigenvalue weighted by atomic mass is 32.1. The van der Waals surface area contributed by atoms with Crippen LogP contribution in [0.5, 0.6) is 0 Å². The van der Waals surface area contributed by atoms with Crippen molar-refractivity contribution in [3.05, 3.63) is 40.0 Å². The van der Waals surface area contributed by atoms with Gasteiger partial charge in [-0.1, -0.05) is 6.07 Å². The van der Waals surface area contributed by atoms with Crippen molar-refractivity contribution in [1.29, 1.82) is 0 Å². The smallest absolute Gasteiger partial charge is 0.273 e. The monoisotopic (exact) mass is 332 g/mol. The molecule has 0 atom stereocenters. The molecule has 0 bridgehead atoms. The number of methoxy groups -OCH3 is 1. The summed E-state index contributed by atoms with van der Waals surface area (Å²) in [6, 6.07) is 4.05. The number of fused-ring (bicyclic) bond motifs is 1. The van der Waals surface area contributed by atoms with E-state index in [9.17, 15) is 4.79 Å². The van der Waals surface area contributed by atoms with Gasteiger partial charge in [-0.2, -0.15) is 0 Å². The van der Waals surface area contributed by atoms with E-state index in [0.29, 0.717) is 25.4 Å². The van der Waals surface area contributed by atoms with E-state index >= 15 is 0 Å². The molecule has 1 aliphatic rings. The van der Waals surface area contributed by atoms with Gasteiger partial charge in [0.15, 0.2) is 0 Å². The number of ether oxygens (including phenoxy) is 1. The lowest BCUT2D eigenvalue weighted by atomic mass is 10.2. The topological polar surface area (TPSA) is 58.6 Å². The first-order chi connectivity index (χ1) is 11.2. The third-order valence-corrected chi connectivity index (χ3v) is 4.49. The van der Waals surface area contributed by atoms with Crippen LogP contribution in [0.4, 0.5) is 5.82 Å². The van der Waals surface area contributed by atoms with Crippen molar-refractivity contribution < 1.29 is 9.53 Å². The predicted octanol–water partition coefficient (Wildman–Crippen LogP) is 1.96. The second-order valence-electron chi connectivity index (χ2n) is 5.52. The highest BCUT2D eigenvalue weighted by Crippen LogP contribution is 2.24. The predicted molar refractivity (Wildman–Crippen MR) is 89.9 cm³/mol. The molecular weight excluding hydrogens is 312 g/mol. The number of pyridine rings is 1. The maximum atomic E-state index is 12.6. The molecule has 0 unspecified atom stereocenters. The number of hydrogen-bond donors (Lipinski definition) is 0. The largest absolute Gasteiger partial charge is 0.383 e. The van der Waals surface area contributed by atoms with E-state index < -0.39 is 0 Å². The Hall–Kier alpha value is -1.99. The van der Waals surface area contributed by atoms with E-state index in [2.05, 4.69) is 20.9 Å². The van der Waals surface area contributed by atoms with E-state index in [1.165, 1.54) is 11.3 Å². The number of aryl methyl sites for hydroxylation is 1. The Morgan fingerprint density at radius 3 is 3.00 bits per heavy atom. The maximum absolute atomic E-state index is 12.6. The lowest BCUT2D eigenvalue weighted by molar-refractivity contribution is 0.0746. The summed E-state index contributed by atoms with van der Waals surface area (Å²) in [5, 5.41) is 1.80. The van der Waals surface area contributed by atoms with E-state index in [0.717, 1.165) is 30.2 Å². The number of carbonyl (C=O) groups excluding carboxylic acids is 1. The van der Waals surface area contributed by atoms with Crippen molar-refractivity contribution in [2.45, 2.75) is 13.5 Å². The lowest BCUT2D eigenvalue weighted by Crippen LogP contribution is -2.36. The molecule has 7 heteroatoms. The maximum Gasteiger partial charge on any atom is 0.273 e. The molecule has 0 aromatic carbocycles. The minimum Gasteiger partial charge on any atom is -0.383 e. The first-order valence-electron chi connectivity index (χ1n) is 7.57. The van der Waals surface area contributed by atoms with Crippen LogP contribution >= 0.6 is 11.3 Å². The fraction of sp³-hybridized carbons (Fsp3) is 0.438. The molecule has 2 aromatic heterocycles. The third-order valence-electron chi connectivity index (χ3n) is 3.90. The highest BCUT2D eigenvalue weighted by Gasteiger charge is 2.25. The Labute approximate surface area is 139 Å². The molecule has 3 heterocycles. The Bertz CT molecular complexity index is 675. The van der Waals surface area contributed by atoms with Gasteiger partial charge < -0.3 is 14.5 Å². The molecule has 2 aromatic rings. The molecule has 1 amide bonds. The van der Waals surface area contributed by atoms with Crippen LogP contribution in [-0.2, 0) is 11.3 Å². The average molecular weight is 332 g/mol. The van der Waals surface area contributed by atoms with Gasteiger partial charge >= 0.3 is 0 Å². The highest BCUT2D eigenvalue weighted by molar-refractivity contribution is 7.07. The van der Waals surface area contributed by atoms with Crippen molar-refractivity contribution in [2.75, 3.05) is 38.3 Å². The summed E-state index contributed by atoms with van der Waals surface area (Å²) in [5.41, 5.74) is 4.25. The molecule has 23 heavy (non-hydrogen) atoms. The van der Waals surface area contributed by atoms with Crippen LogP contribution in [-0.4, -0.2) is 54.1 Å². The van der Waals surface area contributed by atoms with Gasteiger partial charge in [0.05, 0.1) is 12.1 Å². The molecule has 0 radical (unpaired) electrons.